The third kappa shape index (κ3) is 3.75. The van der Waals surface area contributed by atoms with Crippen molar-refractivity contribution in [3.05, 3.63) is 62.5 Å². The van der Waals surface area contributed by atoms with Crippen molar-refractivity contribution < 1.29 is 0 Å². The standard InChI is InChI=1S/C17H14Br2N2/c1-21(2)14-8-6-12(7-9-14)10-13(11-20)17-15(18)4-3-5-16(17)19/h3-10H,1-2H3/b13-10+. The van der Waals surface area contributed by atoms with Crippen LogP contribution in [-0.4, -0.2) is 14.1 Å². The highest BCUT2D eigenvalue weighted by molar-refractivity contribution is 9.11. The van der Waals surface area contributed by atoms with Crippen molar-refractivity contribution in [3.8, 4) is 6.07 Å². The molecule has 2 nitrogen and oxygen atoms in total. The summed E-state index contributed by atoms with van der Waals surface area (Å²) in [5.41, 5.74) is 3.62. The number of hydrogen-bond acceptors (Lipinski definition) is 2. The Morgan fingerprint density at radius 3 is 2.10 bits per heavy atom. The molecule has 0 unspecified atom stereocenters. The molecule has 0 atom stereocenters. The van der Waals surface area contributed by atoms with Gasteiger partial charge >= 0.3 is 0 Å². The van der Waals surface area contributed by atoms with Crippen LogP contribution < -0.4 is 4.90 Å². The van der Waals surface area contributed by atoms with E-state index in [1.54, 1.807) is 0 Å². The lowest BCUT2D eigenvalue weighted by Crippen LogP contribution is -2.07. The van der Waals surface area contributed by atoms with Crippen LogP contribution in [0.4, 0.5) is 5.69 Å². The summed E-state index contributed by atoms with van der Waals surface area (Å²) < 4.78 is 1.80. The quantitative estimate of drug-likeness (QED) is 0.508. The monoisotopic (exact) mass is 404 g/mol. The van der Waals surface area contributed by atoms with Crippen molar-refractivity contribution >= 4 is 49.2 Å². The van der Waals surface area contributed by atoms with Crippen LogP contribution in [0, 0.1) is 11.3 Å². The van der Waals surface area contributed by atoms with Crippen LogP contribution in [0.2, 0.25) is 0 Å². The topological polar surface area (TPSA) is 27.0 Å². The summed E-state index contributed by atoms with van der Waals surface area (Å²) in [5, 5.41) is 9.46. The minimum Gasteiger partial charge on any atom is -0.378 e. The van der Waals surface area contributed by atoms with Gasteiger partial charge in [0.15, 0.2) is 0 Å². The zero-order valence-corrected chi connectivity index (χ0v) is 14.9. The van der Waals surface area contributed by atoms with Crippen LogP contribution in [0.5, 0.6) is 0 Å². The first kappa shape index (κ1) is 15.8. The molecule has 0 heterocycles. The Kier molecular flexibility index (Phi) is 5.22. The summed E-state index contributed by atoms with van der Waals surface area (Å²) in [5.74, 6) is 0. The molecule has 0 aromatic heterocycles. The molecular weight excluding hydrogens is 392 g/mol. The largest absolute Gasteiger partial charge is 0.378 e. The molecule has 0 fully saturated rings. The molecule has 0 aliphatic carbocycles. The molecule has 0 spiro atoms. The highest BCUT2D eigenvalue weighted by atomic mass is 79.9. The first-order chi connectivity index (χ1) is 10.0. The Morgan fingerprint density at radius 2 is 1.62 bits per heavy atom. The molecule has 0 amide bonds. The van der Waals surface area contributed by atoms with Gasteiger partial charge in [-0.25, -0.2) is 0 Å². The van der Waals surface area contributed by atoms with Crippen LogP contribution in [-0.2, 0) is 0 Å². The molecule has 2 rings (SSSR count). The predicted molar refractivity (Wildman–Crippen MR) is 96.1 cm³/mol. The van der Waals surface area contributed by atoms with E-state index in [-0.39, 0.29) is 0 Å². The van der Waals surface area contributed by atoms with Crippen molar-refractivity contribution in [2.75, 3.05) is 19.0 Å². The third-order valence-electron chi connectivity index (χ3n) is 3.07. The number of halogens is 2. The Balaban J connectivity index is 2.44. The summed E-state index contributed by atoms with van der Waals surface area (Å²) in [6.07, 6.45) is 1.89. The molecule has 0 N–H and O–H groups in total. The maximum absolute atomic E-state index is 9.46. The first-order valence-corrected chi connectivity index (χ1v) is 7.95. The van der Waals surface area contributed by atoms with E-state index in [2.05, 4.69) is 37.9 Å². The van der Waals surface area contributed by atoms with E-state index in [0.29, 0.717) is 5.57 Å². The predicted octanol–water partition coefficient (Wildman–Crippen LogP) is 5.34. The number of benzene rings is 2. The van der Waals surface area contributed by atoms with Crippen LogP contribution in [0.25, 0.3) is 11.6 Å². The van der Waals surface area contributed by atoms with Crippen molar-refractivity contribution in [3.63, 3.8) is 0 Å². The molecule has 0 saturated heterocycles. The van der Waals surface area contributed by atoms with E-state index in [1.807, 2.05) is 67.5 Å². The summed E-state index contributed by atoms with van der Waals surface area (Å²) >= 11 is 7.01. The SMILES string of the molecule is CN(C)c1ccc(/C=C(\C#N)c2c(Br)cccc2Br)cc1. The molecule has 2 aromatic rings. The summed E-state index contributed by atoms with van der Waals surface area (Å²) in [6, 6.07) is 16.2. The van der Waals surface area contributed by atoms with Crippen molar-refractivity contribution in [1.29, 1.82) is 5.26 Å². The molecule has 0 aliphatic rings. The van der Waals surface area contributed by atoms with Crippen molar-refractivity contribution in [1.82, 2.24) is 0 Å². The molecule has 0 bridgehead atoms. The van der Waals surface area contributed by atoms with Gasteiger partial charge < -0.3 is 4.90 Å². The maximum Gasteiger partial charge on any atom is 0.0999 e. The van der Waals surface area contributed by atoms with Crippen molar-refractivity contribution in [2.45, 2.75) is 0 Å². The molecular formula is C17H14Br2N2. The average molecular weight is 406 g/mol. The van der Waals surface area contributed by atoms with E-state index in [0.717, 1.165) is 25.8 Å². The number of nitriles is 1. The fraction of sp³-hybridized carbons (Fsp3) is 0.118. The molecule has 0 saturated carbocycles. The van der Waals surface area contributed by atoms with Gasteiger partial charge in [-0.15, -0.1) is 0 Å². The fourth-order valence-corrected chi connectivity index (χ4v) is 3.38. The number of hydrogen-bond donors (Lipinski definition) is 0. The van der Waals surface area contributed by atoms with Crippen LogP contribution >= 0.6 is 31.9 Å². The second-order valence-corrected chi connectivity index (χ2v) is 6.46. The van der Waals surface area contributed by atoms with Gasteiger partial charge in [0.05, 0.1) is 11.6 Å². The lowest BCUT2D eigenvalue weighted by molar-refractivity contribution is 1.13. The molecule has 0 aliphatic heterocycles. The number of anilines is 1. The highest BCUT2D eigenvalue weighted by Gasteiger charge is 2.10. The Hall–Kier alpha value is -1.57. The lowest BCUT2D eigenvalue weighted by Gasteiger charge is -2.12. The number of allylic oxidation sites excluding steroid dienone is 1. The Bertz CT molecular complexity index is 690. The maximum atomic E-state index is 9.46. The smallest absolute Gasteiger partial charge is 0.0999 e. The van der Waals surface area contributed by atoms with Gasteiger partial charge in [0.2, 0.25) is 0 Å². The third-order valence-corrected chi connectivity index (χ3v) is 4.39. The van der Waals surface area contributed by atoms with E-state index < -0.39 is 0 Å². The second kappa shape index (κ2) is 6.93. The number of rotatable bonds is 3. The fourth-order valence-electron chi connectivity index (χ4n) is 1.95. The lowest BCUT2D eigenvalue weighted by atomic mass is 10.0. The van der Waals surface area contributed by atoms with Gasteiger partial charge in [-0.2, -0.15) is 5.26 Å². The van der Waals surface area contributed by atoms with E-state index >= 15 is 0 Å². The summed E-state index contributed by atoms with van der Waals surface area (Å²) in [7, 11) is 4.01. The Morgan fingerprint density at radius 1 is 1.05 bits per heavy atom. The van der Waals surface area contributed by atoms with Gasteiger partial charge in [-0.1, -0.05) is 50.1 Å². The average Bonchev–Trinajstić information content (AvgIpc) is 2.46. The molecule has 106 valence electrons. The van der Waals surface area contributed by atoms with Gasteiger partial charge in [0, 0.05) is 34.3 Å². The minimum atomic E-state index is 0.618. The van der Waals surface area contributed by atoms with Gasteiger partial charge in [0.25, 0.3) is 0 Å². The van der Waals surface area contributed by atoms with E-state index in [4.69, 9.17) is 0 Å². The molecule has 0 radical (unpaired) electrons. The minimum absolute atomic E-state index is 0.618. The highest BCUT2D eigenvalue weighted by Crippen LogP contribution is 2.32. The summed E-state index contributed by atoms with van der Waals surface area (Å²) in [6.45, 7) is 0. The van der Waals surface area contributed by atoms with Gasteiger partial charge in [-0.3, -0.25) is 0 Å². The van der Waals surface area contributed by atoms with Gasteiger partial charge in [-0.05, 0) is 35.9 Å². The zero-order valence-electron chi connectivity index (χ0n) is 11.8. The van der Waals surface area contributed by atoms with E-state index in [9.17, 15) is 5.26 Å². The number of nitrogens with zero attached hydrogens (tertiary/aromatic N) is 2. The van der Waals surface area contributed by atoms with Crippen LogP contribution in [0.1, 0.15) is 11.1 Å². The van der Waals surface area contributed by atoms with Crippen LogP contribution in [0.15, 0.2) is 51.4 Å². The van der Waals surface area contributed by atoms with E-state index in [1.165, 1.54) is 0 Å². The van der Waals surface area contributed by atoms with Crippen molar-refractivity contribution in [2.24, 2.45) is 0 Å². The van der Waals surface area contributed by atoms with Crippen LogP contribution in [0.3, 0.4) is 0 Å². The van der Waals surface area contributed by atoms with Gasteiger partial charge in [0.1, 0.15) is 0 Å². The Labute approximate surface area is 142 Å². The second-order valence-electron chi connectivity index (χ2n) is 4.75. The molecule has 21 heavy (non-hydrogen) atoms. The zero-order chi connectivity index (χ0) is 15.4. The molecule has 2 aromatic carbocycles. The normalized spacial score (nSPS) is 11.1. The summed E-state index contributed by atoms with van der Waals surface area (Å²) in [4.78, 5) is 2.04. The first-order valence-electron chi connectivity index (χ1n) is 6.36. The molecule has 4 heteroatoms.